The third kappa shape index (κ3) is 3.31. The van der Waals surface area contributed by atoms with Gasteiger partial charge in [0.05, 0.1) is 29.0 Å². The van der Waals surface area contributed by atoms with Crippen LogP contribution < -0.4 is 4.90 Å². The van der Waals surface area contributed by atoms with Crippen LogP contribution >= 0.6 is 0 Å². The summed E-state index contributed by atoms with van der Waals surface area (Å²) in [6.45, 7) is 4.42. The average Bonchev–Trinajstić information content (AvgIpc) is 2.86. The molecule has 0 saturated carbocycles. The van der Waals surface area contributed by atoms with Crippen molar-refractivity contribution in [1.82, 2.24) is 0 Å². The number of amides is 2. The normalized spacial score (nSPS) is 13.3. The Balaban J connectivity index is 1.83. The molecule has 0 aliphatic carbocycles. The van der Waals surface area contributed by atoms with Crippen LogP contribution in [-0.4, -0.2) is 24.4 Å². The van der Waals surface area contributed by atoms with Crippen molar-refractivity contribution in [1.29, 1.82) is 0 Å². The summed E-state index contributed by atoms with van der Waals surface area (Å²) < 4.78 is 5.22. The van der Waals surface area contributed by atoms with Gasteiger partial charge in [-0.15, -0.1) is 0 Å². The molecule has 0 saturated heterocycles. The third-order valence-corrected chi connectivity index (χ3v) is 4.07. The van der Waals surface area contributed by atoms with Gasteiger partial charge in [-0.3, -0.25) is 9.59 Å². The predicted octanol–water partition coefficient (Wildman–Crippen LogP) is 3.69. The first kappa shape index (κ1) is 16.9. The van der Waals surface area contributed by atoms with Crippen molar-refractivity contribution < 1.29 is 19.1 Å². The minimum atomic E-state index is -0.484. The van der Waals surface area contributed by atoms with Crippen molar-refractivity contribution in [2.24, 2.45) is 5.92 Å². The van der Waals surface area contributed by atoms with E-state index in [9.17, 15) is 14.4 Å². The van der Waals surface area contributed by atoms with Crippen molar-refractivity contribution >= 4 is 23.5 Å². The number of hydrogen-bond acceptors (Lipinski definition) is 4. The zero-order chi connectivity index (χ0) is 18.0. The largest absolute Gasteiger partial charge is 0.462 e. The van der Waals surface area contributed by atoms with E-state index in [1.165, 1.54) is 18.2 Å². The summed E-state index contributed by atoms with van der Waals surface area (Å²) in [4.78, 5) is 38.4. The number of rotatable bonds is 5. The fraction of sp³-hybridized carbons (Fsp3) is 0.250. The van der Waals surface area contributed by atoms with E-state index in [1.54, 1.807) is 24.3 Å². The van der Waals surface area contributed by atoms with Gasteiger partial charge in [-0.2, -0.15) is 0 Å². The van der Waals surface area contributed by atoms with Crippen molar-refractivity contribution in [2.45, 2.75) is 20.3 Å². The second-order valence-electron chi connectivity index (χ2n) is 6.36. The number of fused-ring (bicyclic) bond motifs is 1. The SMILES string of the molecule is CC(C)CCOC(=O)c1ccc2c(c1)C(=O)N(c1ccccc1)C2=O. The number of esters is 1. The van der Waals surface area contributed by atoms with Crippen LogP contribution in [0.3, 0.4) is 0 Å². The van der Waals surface area contributed by atoms with E-state index in [-0.39, 0.29) is 17.0 Å². The average molecular weight is 337 g/mol. The molecule has 3 rings (SSSR count). The highest BCUT2D eigenvalue weighted by molar-refractivity contribution is 6.34. The summed E-state index contributed by atoms with van der Waals surface area (Å²) in [7, 11) is 0. The lowest BCUT2D eigenvalue weighted by molar-refractivity contribution is 0.0488. The molecule has 2 amide bonds. The van der Waals surface area contributed by atoms with E-state index >= 15 is 0 Å². The van der Waals surface area contributed by atoms with Crippen molar-refractivity contribution in [2.75, 3.05) is 11.5 Å². The molecular weight excluding hydrogens is 318 g/mol. The topological polar surface area (TPSA) is 63.7 Å². The number of nitrogens with zero attached hydrogens (tertiary/aromatic N) is 1. The second kappa shape index (κ2) is 6.89. The minimum Gasteiger partial charge on any atom is -0.462 e. The fourth-order valence-corrected chi connectivity index (χ4v) is 2.65. The number of carbonyl (C=O) groups excluding carboxylic acids is 3. The zero-order valence-electron chi connectivity index (χ0n) is 14.2. The Labute approximate surface area is 146 Å². The summed E-state index contributed by atoms with van der Waals surface area (Å²) in [5, 5.41) is 0. The van der Waals surface area contributed by atoms with E-state index in [0.29, 0.717) is 23.8 Å². The number of imide groups is 1. The van der Waals surface area contributed by atoms with Gasteiger partial charge in [0.15, 0.2) is 0 Å². The molecule has 0 fully saturated rings. The molecule has 2 aromatic carbocycles. The Kier molecular flexibility index (Phi) is 4.65. The van der Waals surface area contributed by atoms with Gasteiger partial charge >= 0.3 is 5.97 Å². The molecule has 1 aliphatic rings. The highest BCUT2D eigenvalue weighted by Crippen LogP contribution is 2.29. The van der Waals surface area contributed by atoms with Crippen LogP contribution in [0.25, 0.3) is 0 Å². The zero-order valence-corrected chi connectivity index (χ0v) is 14.2. The molecule has 128 valence electrons. The lowest BCUT2D eigenvalue weighted by Crippen LogP contribution is -2.29. The summed E-state index contributed by atoms with van der Waals surface area (Å²) >= 11 is 0. The Morgan fingerprint density at radius 3 is 2.36 bits per heavy atom. The fourth-order valence-electron chi connectivity index (χ4n) is 2.65. The van der Waals surface area contributed by atoms with Crippen molar-refractivity contribution in [3.8, 4) is 0 Å². The highest BCUT2D eigenvalue weighted by atomic mass is 16.5. The molecule has 0 radical (unpaired) electrons. The number of anilines is 1. The summed E-state index contributed by atoms with van der Waals surface area (Å²) in [5.74, 6) is -0.859. The van der Waals surface area contributed by atoms with E-state index < -0.39 is 11.9 Å². The quantitative estimate of drug-likeness (QED) is 0.616. The molecular formula is C20H19NO4. The molecule has 0 unspecified atom stereocenters. The van der Waals surface area contributed by atoms with Crippen LogP contribution in [0.5, 0.6) is 0 Å². The van der Waals surface area contributed by atoms with Gasteiger partial charge in [0.25, 0.3) is 11.8 Å². The molecule has 0 N–H and O–H groups in total. The second-order valence-corrected chi connectivity index (χ2v) is 6.36. The van der Waals surface area contributed by atoms with Gasteiger partial charge in [-0.25, -0.2) is 9.69 Å². The molecule has 0 bridgehead atoms. The molecule has 0 spiro atoms. The molecule has 5 nitrogen and oxygen atoms in total. The van der Waals surface area contributed by atoms with Crippen LogP contribution in [0, 0.1) is 5.92 Å². The molecule has 0 atom stereocenters. The van der Waals surface area contributed by atoms with Crippen LogP contribution in [-0.2, 0) is 4.74 Å². The number of benzene rings is 2. The summed E-state index contributed by atoms with van der Waals surface area (Å²) in [6, 6.07) is 13.2. The Morgan fingerprint density at radius 1 is 1.00 bits per heavy atom. The van der Waals surface area contributed by atoms with Crippen LogP contribution in [0.1, 0.15) is 51.3 Å². The lowest BCUT2D eigenvalue weighted by Gasteiger charge is -2.13. The summed E-state index contributed by atoms with van der Waals surface area (Å²) in [6.07, 6.45) is 0.774. The number of ether oxygens (including phenoxy) is 1. The number of hydrogen-bond donors (Lipinski definition) is 0. The number of para-hydroxylation sites is 1. The molecule has 2 aromatic rings. The maximum Gasteiger partial charge on any atom is 0.338 e. The van der Waals surface area contributed by atoms with Gasteiger partial charge in [0.1, 0.15) is 0 Å². The Hall–Kier alpha value is -2.95. The first-order chi connectivity index (χ1) is 12.0. The summed E-state index contributed by atoms with van der Waals surface area (Å²) in [5.41, 5.74) is 1.31. The molecule has 25 heavy (non-hydrogen) atoms. The minimum absolute atomic E-state index is 0.229. The Bertz CT molecular complexity index is 827. The van der Waals surface area contributed by atoms with E-state index in [2.05, 4.69) is 0 Å². The van der Waals surface area contributed by atoms with Gasteiger partial charge in [-0.1, -0.05) is 32.0 Å². The Morgan fingerprint density at radius 2 is 1.68 bits per heavy atom. The predicted molar refractivity (Wildman–Crippen MR) is 93.8 cm³/mol. The van der Waals surface area contributed by atoms with Crippen LogP contribution in [0.4, 0.5) is 5.69 Å². The lowest BCUT2D eigenvalue weighted by atomic mass is 10.1. The monoisotopic (exact) mass is 337 g/mol. The third-order valence-electron chi connectivity index (χ3n) is 4.07. The maximum atomic E-state index is 12.6. The first-order valence-electron chi connectivity index (χ1n) is 8.24. The molecule has 0 aromatic heterocycles. The van der Waals surface area contributed by atoms with E-state index in [1.807, 2.05) is 19.9 Å². The van der Waals surface area contributed by atoms with Gasteiger partial charge in [-0.05, 0) is 42.7 Å². The smallest absolute Gasteiger partial charge is 0.338 e. The standard InChI is InChI=1S/C20H19NO4/c1-13(2)10-11-25-20(24)14-8-9-16-17(12-14)19(23)21(18(16)22)15-6-4-3-5-7-15/h3-9,12-13H,10-11H2,1-2H3. The van der Waals surface area contributed by atoms with E-state index in [4.69, 9.17) is 4.74 Å². The maximum absolute atomic E-state index is 12.6. The van der Waals surface area contributed by atoms with Crippen LogP contribution in [0.15, 0.2) is 48.5 Å². The van der Waals surface area contributed by atoms with Crippen molar-refractivity contribution in [3.63, 3.8) is 0 Å². The van der Waals surface area contributed by atoms with Gasteiger partial charge in [0.2, 0.25) is 0 Å². The van der Waals surface area contributed by atoms with Gasteiger partial charge < -0.3 is 4.74 Å². The molecule has 5 heteroatoms. The molecule has 1 heterocycles. The highest BCUT2D eigenvalue weighted by Gasteiger charge is 2.37. The first-order valence-corrected chi connectivity index (χ1v) is 8.24. The van der Waals surface area contributed by atoms with Crippen LogP contribution in [0.2, 0.25) is 0 Å². The van der Waals surface area contributed by atoms with Gasteiger partial charge in [0, 0.05) is 0 Å². The molecule has 1 aliphatic heterocycles. The van der Waals surface area contributed by atoms with Crippen molar-refractivity contribution in [3.05, 3.63) is 65.2 Å². The number of carbonyl (C=O) groups is 3. The van der Waals surface area contributed by atoms with E-state index in [0.717, 1.165) is 11.3 Å².